The van der Waals surface area contributed by atoms with Crippen molar-refractivity contribution in [3.63, 3.8) is 0 Å². The number of aliphatic carboxylic acids is 1. The van der Waals surface area contributed by atoms with Crippen LogP contribution in [0.2, 0.25) is 0 Å². The van der Waals surface area contributed by atoms with Crippen LogP contribution in [0.15, 0.2) is 12.1 Å². The number of rotatable bonds is 12. The first-order valence-corrected chi connectivity index (χ1v) is 11.9. The Morgan fingerprint density at radius 3 is 2.77 bits per heavy atom. The highest BCUT2D eigenvalue weighted by Gasteiger charge is 2.30. The Bertz CT molecular complexity index is 744. The molecule has 0 saturated heterocycles. The maximum Gasteiger partial charge on any atom is 0.326 e. The number of hydrogen-bond acceptors (Lipinski definition) is 5. The Hall–Kier alpha value is -2.15. The van der Waals surface area contributed by atoms with Gasteiger partial charge in [0, 0.05) is 31.2 Å². The molecule has 1 saturated carbocycles. The van der Waals surface area contributed by atoms with Gasteiger partial charge in [0.1, 0.15) is 11.9 Å². The lowest BCUT2D eigenvalue weighted by Crippen LogP contribution is -2.44. The Balaban J connectivity index is 1.32. The van der Waals surface area contributed by atoms with Gasteiger partial charge in [0.05, 0.1) is 6.10 Å². The smallest absolute Gasteiger partial charge is 0.326 e. The highest BCUT2D eigenvalue weighted by Crippen LogP contribution is 2.34. The van der Waals surface area contributed by atoms with E-state index in [1.54, 1.807) is 0 Å². The van der Waals surface area contributed by atoms with Crippen LogP contribution >= 0.6 is 0 Å². The monoisotopic (exact) mass is 431 g/mol. The summed E-state index contributed by atoms with van der Waals surface area (Å²) >= 11 is 0. The van der Waals surface area contributed by atoms with Gasteiger partial charge in [-0.15, -0.1) is 0 Å². The number of carboxylic acids is 1. The Morgan fingerprint density at radius 2 is 2.06 bits per heavy atom. The predicted molar refractivity (Wildman–Crippen MR) is 120 cm³/mol. The topological polar surface area (TPSA) is 101 Å². The van der Waals surface area contributed by atoms with Crippen molar-refractivity contribution >= 4 is 17.7 Å². The summed E-state index contributed by atoms with van der Waals surface area (Å²) in [4.78, 5) is 28.4. The Kier molecular flexibility index (Phi) is 8.69. The van der Waals surface area contributed by atoms with Crippen LogP contribution in [0.1, 0.15) is 70.1 Å². The van der Waals surface area contributed by atoms with E-state index in [-0.39, 0.29) is 17.9 Å². The van der Waals surface area contributed by atoms with Crippen LogP contribution in [0.25, 0.3) is 0 Å². The number of carbonyl (C=O) groups excluding carboxylic acids is 1. The number of hydrogen-bond donors (Lipinski definition) is 3. The fraction of sp³-hybridized carbons (Fsp3) is 0.708. The predicted octanol–water partition coefficient (Wildman–Crippen LogP) is 3.56. The normalized spacial score (nSPS) is 21.0. The number of aromatic nitrogens is 1. The van der Waals surface area contributed by atoms with Crippen molar-refractivity contribution < 1.29 is 19.4 Å². The maximum absolute atomic E-state index is 12.2. The summed E-state index contributed by atoms with van der Waals surface area (Å²) in [7, 11) is 0. The molecule has 0 spiro atoms. The quantitative estimate of drug-likeness (QED) is 0.468. The molecule has 1 amide bonds. The number of carboxylic acid groups (broad SMARTS) is 1. The minimum Gasteiger partial charge on any atom is -0.480 e. The zero-order valence-corrected chi connectivity index (χ0v) is 18.9. The van der Waals surface area contributed by atoms with Crippen molar-refractivity contribution in [3.8, 4) is 0 Å². The maximum atomic E-state index is 12.2. The number of fused-ring (bicyclic) bond motifs is 1. The van der Waals surface area contributed by atoms with Gasteiger partial charge in [0.2, 0.25) is 5.91 Å². The standard InChI is InChI=1S/C24H37N3O4/c1-3-17(4-2)23(28)27-21(24(29)30)11-13-31-20-14-16(15-20)7-9-19-10-8-18-6-5-12-25-22(18)26-19/h8,10,16-17,20-21H,3-7,9,11-15H2,1-2H3,(H,25,26)(H,27,28)(H,29,30)/t16-,20-,21-/m0/s1. The molecule has 1 atom stereocenters. The number of anilines is 1. The van der Waals surface area contributed by atoms with Crippen molar-refractivity contribution in [2.75, 3.05) is 18.5 Å². The molecule has 31 heavy (non-hydrogen) atoms. The van der Waals surface area contributed by atoms with Crippen LogP contribution in [0.3, 0.4) is 0 Å². The molecule has 1 aromatic heterocycles. The van der Waals surface area contributed by atoms with E-state index in [1.165, 1.54) is 12.0 Å². The molecule has 0 radical (unpaired) electrons. The van der Waals surface area contributed by atoms with E-state index in [2.05, 4.69) is 22.8 Å². The summed E-state index contributed by atoms with van der Waals surface area (Å²) in [6.45, 7) is 5.25. The number of pyridine rings is 1. The first-order valence-electron chi connectivity index (χ1n) is 11.9. The second kappa shape index (κ2) is 11.5. The third kappa shape index (κ3) is 6.66. The summed E-state index contributed by atoms with van der Waals surface area (Å²) in [6, 6.07) is 3.48. The lowest BCUT2D eigenvalue weighted by Gasteiger charge is -2.35. The van der Waals surface area contributed by atoms with Crippen molar-refractivity contribution in [1.82, 2.24) is 10.3 Å². The van der Waals surface area contributed by atoms with Gasteiger partial charge in [0.15, 0.2) is 0 Å². The molecule has 2 heterocycles. The number of ether oxygens (including phenoxy) is 1. The first-order chi connectivity index (χ1) is 15.0. The van der Waals surface area contributed by atoms with Crippen molar-refractivity contribution in [2.45, 2.75) is 83.8 Å². The largest absolute Gasteiger partial charge is 0.480 e. The van der Waals surface area contributed by atoms with E-state index in [0.717, 1.165) is 50.2 Å². The SMILES string of the molecule is CCC(CC)C(=O)N[C@@H](CCO[C@H]1C[C@H](CCc2ccc3c(n2)NCCC3)C1)C(=O)O. The minimum atomic E-state index is -0.999. The molecular formula is C24H37N3O4. The van der Waals surface area contributed by atoms with Gasteiger partial charge < -0.3 is 20.5 Å². The first kappa shape index (κ1) is 23.5. The number of aryl methyl sites for hydroxylation is 2. The molecule has 0 unspecified atom stereocenters. The number of amides is 1. The lowest BCUT2D eigenvalue weighted by molar-refractivity contribution is -0.143. The fourth-order valence-electron chi connectivity index (χ4n) is 4.47. The van der Waals surface area contributed by atoms with E-state index < -0.39 is 12.0 Å². The number of nitrogens with one attached hydrogen (secondary N) is 2. The summed E-state index contributed by atoms with van der Waals surface area (Å²) in [5.41, 5.74) is 2.47. The molecule has 7 nitrogen and oxygen atoms in total. The summed E-state index contributed by atoms with van der Waals surface area (Å²) in [6.07, 6.45) is 8.34. The van der Waals surface area contributed by atoms with Gasteiger partial charge in [0.25, 0.3) is 0 Å². The van der Waals surface area contributed by atoms with E-state index in [0.29, 0.717) is 31.8 Å². The Morgan fingerprint density at radius 1 is 1.29 bits per heavy atom. The van der Waals surface area contributed by atoms with Gasteiger partial charge in [-0.25, -0.2) is 9.78 Å². The van der Waals surface area contributed by atoms with Crippen LogP contribution < -0.4 is 10.6 Å². The van der Waals surface area contributed by atoms with Crippen molar-refractivity contribution in [1.29, 1.82) is 0 Å². The summed E-state index contributed by atoms with van der Waals surface area (Å²) in [5.74, 6) is 0.396. The third-order valence-corrected chi connectivity index (χ3v) is 6.68. The summed E-state index contributed by atoms with van der Waals surface area (Å²) in [5, 5.41) is 15.5. The average Bonchev–Trinajstić information content (AvgIpc) is 2.74. The molecule has 0 aromatic carbocycles. The van der Waals surface area contributed by atoms with Crippen molar-refractivity contribution in [2.24, 2.45) is 11.8 Å². The molecule has 0 bridgehead atoms. The minimum absolute atomic E-state index is 0.129. The van der Waals surface area contributed by atoms with Crippen LogP contribution in [0, 0.1) is 11.8 Å². The molecule has 7 heteroatoms. The van der Waals surface area contributed by atoms with Gasteiger partial charge in [-0.1, -0.05) is 19.9 Å². The van der Waals surface area contributed by atoms with E-state index >= 15 is 0 Å². The zero-order valence-electron chi connectivity index (χ0n) is 18.9. The highest BCUT2D eigenvalue weighted by molar-refractivity contribution is 5.84. The molecule has 1 aliphatic carbocycles. The van der Waals surface area contributed by atoms with E-state index in [9.17, 15) is 14.7 Å². The summed E-state index contributed by atoms with van der Waals surface area (Å²) < 4.78 is 5.87. The molecular weight excluding hydrogens is 394 g/mol. The van der Waals surface area contributed by atoms with Crippen LogP contribution in [-0.4, -0.2) is 47.3 Å². The zero-order chi connectivity index (χ0) is 22.2. The van der Waals surface area contributed by atoms with Gasteiger partial charge in [-0.3, -0.25) is 4.79 Å². The van der Waals surface area contributed by atoms with Crippen molar-refractivity contribution in [3.05, 3.63) is 23.4 Å². The van der Waals surface area contributed by atoms with Gasteiger partial charge in [-0.05, 0) is 68.9 Å². The molecule has 1 aliphatic heterocycles. The second-order valence-electron chi connectivity index (χ2n) is 8.91. The van der Waals surface area contributed by atoms with Crippen LogP contribution in [0.4, 0.5) is 5.82 Å². The van der Waals surface area contributed by atoms with Gasteiger partial charge >= 0.3 is 5.97 Å². The molecule has 172 valence electrons. The van der Waals surface area contributed by atoms with Gasteiger partial charge in [-0.2, -0.15) is 0 Å². The molecule has 3 N–H and O–H groups in total. The third-order valence-electron chi connectivity index (χ3n) is 6.68. The van der Waals surface area contributed by atoms with Crippen LogP contribution in [0.5, 0.6) is 0 Å². The molecule has 1 fully saturated rings. The molecule has 1 aromatic rings. The van der Waals surface area contributed by atoms with E-state index in [4.69, 9.17) is 9.72 Å². The Labute approximate surface area is 185 Å². The van der Waals surface area contributed by atoms with E-state index in [1.807, 2.05) is 13.8 Å². The average molecular weight is 432 g/mol. The second-order valence-corrected chi connectivity index (χ2v) is 8.91. The highest BCUT2D eigenvalue weighted by atomic mass is 16.5. The number of nitrogens with zero attached hydrogens (tertiary/aromatic N) is 1. The molecule has 2 aliphatic rings. The van der Waals surface area contributed by atoms with Crippen LogP contribution in [-0.2, 0) is 27.2 Å². The molecule has 3 rings (SSSR count). The fourth-order valence-corrected chi connectivity index (χ4v) is 4.47. The number of carbonyl (C=O) groups is 2. The lowest BCUT2D eigenvalue weighted by atomic mass is 9.79.